The highest BCUT2D eigenvalue weighted by Crippen LogP contribution is 2.17. The first-order chi connectivity index (χ1) is 9.65. The summed E-state index contributed by atoms with van der Waals surface area (Å²) in [7, 11) is 0. The summed E-state index contributed by atoms with van der Waals surface area (Å²) in [5.41, 5.74) is 7.52. The number of hydrogen-bond donors (Lipinski definition) is 1. The molecular weight excluding hydrogens is 288 g/mol. The summed E-state index contributed by atoms with van der Waals surface area (Å²) in [6, 6.07) is 15.3. The number of rotatable bonds is 3. The molecule has 20 heavy (non-hydrogen) atoms. The molecule has 0 fully saturated rings. The first-order valence-corrected chi connectivity index (χ1v) is 7.31. The Labute approximate surface area is 125 Å². The molecule has 0 atom stereocenters. The first-order valence-electron chi connectivity index (χ1n) is 6.13. The number of nitrogens with zero attached hydrogens (tertiary/aromatic N) is 1. The summed E-state index contributed by atoms with van der Waals surface area (Å²) in [5.74, 6) is 0. The molecule has 0 amide bonds. The van der Waals surface area contributed by atoms with Crippen LogP contribution in [0.1, 0.15) is 11.1 Å². The van der Waals surface area contributed by atoms with Crippen molar-refractivity contribution in [3.8, 4) is 0 Å². The van der Waals surface area contributed by atoms with Crippen molar-refractivity contribution in [2.75, 3.05) is 0 Å². The monoisotopic (exact) mass is 300 g/mol. The van der Waals surface area contributed by atoms with E-state index in [0.717, 1.165) is 21.2 Å². The smallest absolute Gasteiger partial charge is 0.268 e. The molecular formula is C15H12N2OS2. The predicted octanol–water partition coefficient (Wildman–Crippen LogP) is 2.75. The van der Waals surface area contributed by atoms with Gasteiger partial charge in [0.25, 0.3) is 5.56 Å². The largest absolute Gasteiger partial charge is 0.389 e. The van der Waals surface area contributed by atoms with Crippen LogP contribution in [0.3, 0.4) is 0 Å². The fourth-order valence-corrected chi connectivity index (χ4v) is 3.22. The number of benzene rings is 2. The van der Waals surface area contributed by atoms with Crippen molar-refractivity contribution < 1.29 is 0 Å². The van der Waals surface area contributed by atoms with Gasteiger partial charge in [-0.3, -0.25) is 8.75 Å². The topological polar surface area (TPSA) is 48.0 Å². The molecule has 3 rings (SSSR count). The fraction of sp³-hybridized carbons (Fsp3) is 0.0667. The van der Waals surface area contributed by atoms with Crippen LogP contribution in [-0.4, -0.2) is 8.95 Å². The Morgan fingerprint density at radius 3 is 2.50 bits per heavy atom. The summed E-state index contributed by atoms with van der Waals surface area (Å²) in [4.78, 5) is 12.6. The summed E-state index contributed by atoms with van der Waals surface area (Å²) < 4.78 is 2.78. The zero-order chi connectivity index (χ0) is 14.1. The third kappa shape index (κ3) is 2.37. The average Bonchev–Trinajstić information content (AvgIpc) is 2.77. The lowest BCUT2D eigenvalue weighted by molar-refractivity contribution is 0.854. The van der Waals surface area contributed by atoms with E-state index in [1.54, 1.807) is 3.96 Å². The van der Waals surface area contributed by atoms with Crippen molar-refractivity contribution in [1.29, 1.82) is 0 Å². The molecule has 2 N–H and O–H groups in total. The molecule has 0 aliphatic rings. The third-order valence-electron chi connectivity index (χ3n) is 3.12. The maximum Gasteiger partial charge on any atom is 0.268 e. The summed E-state index contributed by atoms with van der Waals surface area (Å²) in [6.07, 6.45) is 0. The second kappa shape index (κ2) is 5.19. The van der Waals surface area contributed by atoms with Crippen LogP contribution in [0.2, 0.25) is 0 Å². The van der Waals surface area contributed by atoms with Gasteiger partial charge in [0.1, 0.15) is 4.99 Å². The van der Waals surface area contributed by atoms with Gasteiger partial charge in [-0.1, -0.05) is 60.1 Å². The molecule has 5 heteroatoms. The molecule has 0 bridgehead atoms. The van der Waals surface area contributed by atoms with Gasteiger partial charge in [-0.15, -0.1) is 0 Å². The minimum atomic E-state index is 0.0593. The van der Waals surface area contributed by atoms with Gasteiger partial charge in [0.15, 0.2) is 0 Å². The number of aromatic nitrogens is 1. The number of hydrogen-bond acceptors (Lipinski definition) is 3. The van der Waals surface area contributed by atoms with Gasteiger partial charge >= 0.3 is 0 Å². The second-order valence-electron chi connectivity index (χ2n) is 4.49. The Morgan fingerprint density at radius 1 is 1.15 bits per heavy atom. The first kappa shape index (κ1) is 13.0. The standard InChI is InChI=1S/C15H12N2OS2/c16-14(19)11-7-5-10(6-8-11)9-17-15(18)12-3-1-2-4-13(12)20-17/h1-8H,9H2,(H2,16,19). The van der Waals surface area contributed by atoms with Crippen molar-refractivity contribution in [3.05, 3.63) is 70.0 Å². The van der Waals surface area contributed by atoms with Gasteiger partial charge in [-0.25, -0.2) is 0 Å². The van der Waals surface area contributed by atoms with Crippen LogP contribution < -0.4 is 11.3 Å². The molecule has 1 aromatic heterocycles. The van der Waals surface area contributed by atoms with Crippen LogP contribution in [-0.2, 0) is 6.54 Å². The minimum Gasteiger partial charge on any atom is -0.389 e. The van der Waals surface area contributed by atoms with E-state index in [2.05, 4.69) is 0 Å². The van der Waals surface area contributed by atoms with Gasteiger partial charge in [0.2, 0.25) is 0 Å². The molecule has 3 nitrogen and oxygen atoms in total. The van der Waals surface area contributed by atoms with Crippen molar-refractivity contribution in [2.24, 2.45) is 5.73 Å². The highest BCUT2D eigenvalue weighted by atomic mass is 32.1. The Kier molecular flexibility index (Phi) is 3.38. The van der Waals surface area contributed by atoms with Gasteiger partial charge in [0.05, 0.1) is 16.6 Å². The molecule has 0 aliphatic carbocycles. The average molecular weight is 300 g/mol. The maximum absolute atomic E-state index is 12.2. The van der Waals surface area contributed by atoms with Crippen molar-refractivity contribution in [2.45, 2.75) is 6.54 Å². The minimum absolute atomic E-state index is 0.0593. The highest BCUT2D eigenvalue weighted by molar-refractivity contribution is 7.80. The van der Waals surface area contributed by atoms with Crippen LogP contribution in [0.25, 0.3) is 10.1 Å². The van der Waals surface area contributed by atoms with E-state index >= 15 is 0 Å². The zero-order valence-corrected chi connectivity index (χ0v) is 12.2. The predicted molar refractivity (Wildman–Crippen MR) is 87.5 cm³/mol. The third-order valence-corrected chi connectivity index (χ3v) is 4.42. The molecule has 3 aromatic rings. The maximum atomic E-state index is 12.2. The Balaban J connectivity index is 1.95. The molecule has 100 valence electrons. The van der Waals surface area contributed by atoms with Crippen LogP contribution >= 0.6 is 23.8 Å². The van der Waals surface area contributed by atoms with E-state index in [1.807, 2.05) is 48.5 Å². The van der Waals surface area contributed by atoms with E-state index in [4.69, 9.17) is 18.0 Å². The Hall–Kier alpha value is -1.98. The summed E-state index contributed by atoms with van der Waals surface area (Å²) in [5, 5.41) is 0.775. The Bertz CT molecular complexity index is 831. The van der Waals surface area contributed by atoms with Crippen LogP contribution in [0.4, 0.5) is 0 Å². The van der Waals surface area contributed by atoms with E-state index in [1.165, 1.54) is 11.5 Å². The Morgan fingerprint density at radius 2 is 1.85 bits per heavy atom. The molecule has 0 unspecified atom stereocenters. The van der Waals surface area contributed by atoms with E-state index in [9.17, 15) is 4.79 Å². The number of nitrogens with two attached hydrogens (primary N) is 1. The molecule has 0 spiro atoms. The van der Waals surface area contributed by atoms with Gasteiger partial charge in [-0.05, 0) is 17.7 Å². The zero-order valence-electron chi connectivity index (χ0n) is 10.6. The van der Waals surface area contributed by atoms with Crippen LogP contribution in [0.15, 0.2) is 53.3 Å². The van der Waals surface area contributed by atoms with E-state index < -0.39 is 0 Å². The fourth-order valence-electron chi connectivity index (χ4n) is 2.06. The van der Waals surface area contributed by atoms with Crippen molar-refractivity contribution in [1.82, 2.24) is 3.96 Å². The highest BCUT2D eigenvalue weighted by Gasteiger charge is 2.07. The van der Waals surface area contributed by atoms with Crippen LogP contribution in [0.5, 0.6) is 0 Å². The van der Waals surface area contributed by atoms with Gasteiger partial charge in [0, 0.05) is 5.56 Å². The van der Waals surface area contributed by atoms with Crippen molar-refractivity contribution >= 4 is 38.8 Å². The number of thiocarbonyl (C=S) groups is 1. The van der Waals surface area contributed by atoms with Crippen LogP contribution in [0, 0.1) is 0 Å². The molecule has 2 aromatic carbocycles. The lowest BCUT2D eigenvalue weighted by atomic mass is 10.1. The quantitative estimate of drug-likeness (QED) is 0.757. The van der Waals surface area contributed by atoms with Gasteiger partial charge in [-0.2, -0.15) is 0 Å². The lowest BCUT2D eigenvalue weighted by Crippen LogP contribution is -2.14. The molecule has 0 aliphatic heterocycles. The number of fused-ring (bicyclic) bond motifs is 1. The molecule has 0 radical (unpaired) electrons. The second-order valence-corrected chi connectivity index (χ2v) is 5.99. The normalized spacial score (nSPS) is 10.8. The van der Waals surface area contributed by atoms with E-state index in [0.29, 0.717) is 11.5 Å². The summed E-state index contributed by atoms with van der Waals surface area (Å²) >= 11 is 6.41. The molecule has 0 saturated carbocycles. The molecule has 0 saturated heterocycles. The van der Waals surface area contributed by atoms with E-state index in [-0.39, 0.29) is 5.56 Å². The van der Waals surface area contributed by atoms with Crippen molar-refractivity contribution in [3.63, 3.8) is 0 Å². The molecule has 1 heterocycles. The SMILES string of the molecule is NC(=S)c1ccc(Cn2sc3ccccc3c2=O)cc1. The summed E-state index contributed by atoms with van der Waals surface area (Å²) in [6.45, 7) is 0.565. The lowest BCUT2D eigenvalue weighted by Gasteiger charge is -2.03. The van der Waals surface area contributed by atoms with Gasteiger partial charge < -0.3 is 5.73 Å².